The van der Waals surface area contributed by atoms with Gasteiger partial charge in [0.1, 0.15) is 5.75 Å². The third-order valence-electron chi connectivity index (χ3n) is 2.43. The number of methoxy groups -OCH3 is 3. The molecule has 0 aromatic heterocycles. The summed E-state index contributed by atoms with van der Waals surface area (Å²) in [5, 5.41) is 0.443. The highest BCUT2D eigenvalue weighted by Crippen LogP contribution is 2.46. The number of hydrogen-bond donors (Lipinski definition) is 1. The summed E-state index contributed by atoms with van der Waals surface area (Å²) in [5.41, 5.74) is 6.16. The van der Waals surface area contributed by atoms with Gasteiger partial charge >= 0.3 is 0 Å². The van der Waals surface area contributed by atoms with Crippen molar-refractivity contribution in [1.82, 2.24) is 0 Å². The zero-order chi connectivity index (χ0) is 13.2. The second-order valence-corrected chi connectivity index (χ2v) is 4.63. The maximum absolute atomic E-state index is 6.13. The molecule has 0 saturated carbocycles. The van der Waals surface area contributed by atoms with Crippen molar-refractivity contribution in [1.29, 1.82) is 0 Å². The lowest BCUT2D eigenvalue weighted by Gasteiger charge is -2.26. The first-order chi connectivity index (χ1) is 7.86. The second-order valence-electron chi connectivity index (χ2n) is 4.22. The molecule has 0 bridgehead atoms. The maximum Gasteiger partial charge on any atom is 0.169 e. The van der Waals surface area contributed by atoms with E-state index >= 15 is 0 Å². The minimum Gasteiger partial charge on any atom is -0.495 e. The smallest absolute Gasteiger partial charge is 0.169 e. The van der Waals surface area contributed by atoms with Gasteiger partial charge in [0, 0.05) is 11.6 Å². The molecule has 0 unspecified atom stereocenters. The van der Waals surface area contributed by atoms with E-state index in [0.717, 1.165) is 0 Å². The van der Waals surface area contributed by atoms with Crippen molar-refractivity contribution in [3.8, 4) is 17.2 Å². The van der Waals surface area contributed by atoms with Gasteiger partial charge in [0.15, 0.2) is 11.5 Å². The van der Waals surface area contributed by atoms with Gasteiger partial charge in [-0.05, 0) is 13.8 Å². The van der Waals surface area contributed by atoms with Crippen LogP contribution in [-0.2, 0) is 5.54 Å². The van der Waals surface area contributed by atoms with E-state index in [9.17, 15) is 0 Å². The monoisotopic (exact) mass is 259 g/mol. The van der Waals surface area contributed by atoms with Crippen molar-refractivity contribution in [3.63, 3.8) is 0 Å². The average molecular weight is 260 g/mol. The number of hydrogen-bond acceptors (Lipinski definition) is 4. The molecule has 0 aliphatic carbocycles. The molecule has 17 heavy (non-hydrogen) atoms. The lowest BCUT2D eigenvalue weighted by molar-refractivity contribution is 0.331. The van der Waals surface area contributed by atoms with Gasteiger partial charge in [-0.1, -0.05) is 11.6 Å². The summed E-state index contributed by atoms with van der Waals surface area (Å²) in [4.78, 5) is 0. The van der Waals surface area contributed by atoms with Crippen molar-refractivity contribution in [2.45, 2.75) is 19.4 Å². The van der Waals surface area contributed by atoms with Crippen LogP contribution in [0.3, 0.4) is 0 Å². The second kappa shape index (κ2) is 5.02. The Morgan fingerprint density at radius 2 is 1.59 bits per heavy atom. The van der Waals surface area contributed by atoms with Crippen LogP contribution >= 0.6 is 11.6 Å². The highest BCUT2D eigenvalue weighted by atomic mass is 35.5. The molecule has 0 heterocycles. The normalized spacial score (nSPS) is 11.2. The zero-order valence-corrected chi connectivity index (χ0v) is 11.5. The molecule has 0 aliphatic heterocycles. The summed E-state index contributed by atoms with van der Waals surface area (Å²) >= 11 is 6.13. The van der Waals surface area contributed by atoms with Gasteiger partial charge in [0.25, 0.3) is 0 Å². The Labute approximate surface area is 107 Å². The number of rotatable bonds is 4. The number of halogens is 1. The van der Waals surface area contributed by atoms with Crippen LogP contribution in [0.4, 0.5) is 0 Å². The molecule has 1 aromatic carbocycles. The third kappa shape index (κ3) is 2.58. The first kappa shape index (κ1) is 13.9. The molecule has 0 amide bonds. The number of nitrogens with two attached hydrogens (primary N) is 1. The lowest BCUT2D eigenvalue weighted by Crippen LogP contribution is -2.30. The topological polar surface area (TPSA) is 53.7 Å². The Hall–Kier alpha value is -1.13. The van der Waals surface area contributed by atoms with E-state index in [1.54, 1.807) is 27.4 Å². The number of benzene rings is 1. The summed E-state index contributed by atoms with van der Waals surface area (Å²) in [6.45, 7) is 3.70. The predicted octanol–water partition coefficient (Wildman–Crippen LogP) is 2.56. The standard InChI is InChI=1S/C12H18ClNO3/c1-12(2,14)9-10(16-4)7(13)6-8(15-3)11(9)17-5/h6H,14H2,1-5H3. The summed E-state index contributed by atoms with van der Waals surface area (Å²) in [5.74, 6) is 1.59. The van der Waals surface area contributed by atoms with E-state index in [4.69, 9.17) is 31.5 Å². The van der Waals surface area contributed by atoms with Crippen LogP contribution in [0.15, 0.2) is 6.07 Å². The van der Waals surface area contributed by atoms with Crippen molar-refractivity contribution in [2.75, 3.05) is 21.3 Å². The van der Waals surface area contributed by atoms with Crippen LogP contribution in [0.2, 0.25) is 5.02 Å². The quantitative estimate of drug-likeness (QED) is 0.903. The van der Waals surface area contributed by atoms with Gasteiger partial charge in [0.05, 0.1) is 31.9 Å². The molecule has 0 fully saturated rings. The minimum absolute atomic E-state index is 0.443. The van der Waals surface area contributed by atoms with Crippen LogP contribution in [0.25, 0.3) is 0 Å². The molecule has 1 rings (SSSR count). The van der Waals surface area contributed by atoms with Gasteiger partial charge in [0.2, 0.25) is 0 Å². The van der Waals surface area contributed by atoms with Gasteiger partial charge in [-0.25, -0.2) is 0 Å². The fraction of sp³-hybridized carbons (Fsp3) is 0.500. The van der Waals surface area contributed by atoms with E-state index in [1.165, 1.54) is 0 Å². The first-order valence-corrected chi connectivity index (χ1v) is 5.52. The third-order valence-corrected chi connectivity index (χ3v) is 2.71. The number of ether oxygens (including phenoxy) is 3. The minimum atomic E-state index is -0.658. The molecule has 5 heteroatoms. The van der Waals surface area contributed by atoms with Crippen LogP contribution in [0, 0.1) is 0 Å². The Kier molecular flexibility index (Phi) is 4.11. The van der Waals surface area contributed by atoms with E-state index in [1.807, 2.05) is 13.8 Å². The van der Waals surface area contributed by atoms with Crippen LogP contribution < -0.4 is 19.9 Å². The Morgan fingerprint density at radius 3 is 1.94 bits per heavy atom. The van der Waals surface area contributed by atoms with Crippen molar-refractivity contribution in [2.24, 2.45) is 5.73 Å². The van der Waals surface area contributed by atoms with Gasteiger partial charge in [-0.15, -0.1) is 0 Å². The van der Waals surface area contributed by atoms with Crippen LogP contribution in [-0.4, -0.2) is 21.3 Å². The maximum atomic E-state index is 6.13. The van der Waals surface area contributed by atoms with Crippen molar-refractivity contribution in [3.05, 3.63) is 16.7 Å². The molecular weight excluding hydrogens is 242 g/mol. The van der Waals surface area contributed by atoms with Gasteiger partial charge < -0.3 is 19.9 Å². The Morgan fingerprint density at radius 1 is 1.06 bits per heavy atom. The average Bonchev–Trinajstić information content (AvgIpc) is 2.26. The van der Waals surface area contributed by atoms with Crippen LogP contribution in [0.5, 0.6) is 17.2 Å². The first-order valence-electron chi connectivity index (χ1n) is 5.14. The van der Waals surface area contributed by atoms with E-state index in [0.29, 0.717) is 27.8 Å². The van der Waals surface area contributed by atoms with E-state index in [2.05, 4.69) is 0 Å². The molecule has 0 radical (unpaired) electrons. The molecule has 1 aromatic rings. The highest BCUT2D eigenvalue weighted by Gasteiger charge is 2.29. The van der Waals surface area contributed by atoms with Crippen molar-refractivity contribution < 1.29 is 14.2 Å². The molecule has 0 spiro atoms. The molecule has 2 N–H and O–H groups in total. The fourth-order valence-electron chi connectivity index (χ4n) is 1.73. The predicted molar refractivity (Wildman–Crippen MR) is 68.3 cm³/mol. The summed E-state index contributed by atoms with van der Waals surface area (Å²) in [6, 6.07) is 1.65. The molecule has 96 valence electrons. The molecule has 0 saturated heterocycles. The summed E-state index contributed by atoms with van der Waals surface area (Å²) in [7, 11) is 4.65. The lowest BCUT2D eigenvalue weighted by atomic mass is 9.93. The molecular formula is C12H18ClNO3. The van der Waals surface area contributed by atoms with Crippen LogP contribution in [0.1, 0.15) is 19.4 Å². The van der Waals surface area contributed by atoms with Gasteiger partial charge in [-0.3, -0.25) is 0 Å². The summed E-state index contributed by atoms with van der Waals surface area (Å²) < 4.78 is 15.9. The highest BCUT2D eigenvalue weighted by molar-refractivity contribution is 6.32. The fourth-order valence-corrected chi connectivity index (χ4v) is 2.00. The van der Waals surface area contributed by atoms with E-state index < -0.39 is 5.54 Å². The zero-order valence-electron chi connectivity index (χ0n) is 10.8. The summed E-state index contributed by atoms with van der Waals surface area (Å²) in [6.07, 6.45) is 0. The van der Waals surface area contributed by atoms with Gasteiger partial charge in [-0.2, -0.15) is 0 Å². The SMILES string of the molecule is COc1cc(Cl)c(OC)c(C(C)(C)N)c1OC. The largest absolute Gasteiger partial charge is 0.495 e. The van der Waals surface area contributed by atoms with E-state index in [-0.39, 0.29) is 0 Å². The van der Waals surface area contributed by atoms with Crippen molar-refractivity contribution >= 4 is 11.6 Å². The Balaban J connectivity index is 3.65. The molecule has 4 nitrogen and oxygen atoms in total. The Bertz CT molecular complexity index is 413. The molecule has 0 aliphatic rings. The molecule has 0 atom stereocenters.